The largest absolute Gasteiger partial charge is 0.357 e. The Kier molecular flexibility index (Phi) is 8.98. The molecule has 0 atom stereocenters. The van der Waals surface area contributed by atoms with E-state index < -0.39 is 0 Å². The Labute approximate surface area is 156 Å². The van der Waals surface area contributed by atoms with Crippen molar-refractivity contribution in [3.63, 3.8) is 0 Å². The van der Waals surface area contributed by atoms with Crippen LogP contribution >= 0.6 is 24.0 Å². The third kappa shape index (κ3) is 6.01. The van der Waals surface area contributed by atoms with Crippen LogP contribution < -0.4 is 5.32 Å². The molecule has 1 aromatic carbocycles. The lowest BCUT2D eigenvalue weighted by Crippen LogP contribution is -2.39. The SMILES string of the molecule is CCCCN(C)C(=NCCc1nc2ccccc2[nH]1)NCC.I. The molecular formula is C17H28IN5. The molecule has 23 heavy (non-hydrogen) atoms. The quantitative estimate of drug-likeness (QED) is 0.403. The van der Waals surface area contributed by atoms with Crippen molar-refractivity contribution in [1.29, 1.82) is 0 Å². The molecule has 0 unspecified atom stereocenters. The van der Waals surface area contributed by atoms with Gasteiger partial charge in [-0.25, -0.2) is 4.98 Å². The van der Waals surface area contributed by atoms with Crippen molar-refractivity contribution >= 4 is 41.0 Å². The van der Waals surface area contributed by atoms with Crippen molar-refractivity contribution in [1.82, 2.24) is 20.2 Å². The van der Waals surface area contributed by atoms with Gasteiger partial charge in [0.2, 0.25) is 0 Å². The average Bonchev–Trinajstić information content (AvgIpc) is 2.94. The van der Waals surface area contributed by atoms with Gasteiger partial charge >= 0.3 is 0 Å². The summed E-state index contributed by atoms with van der Waals surface area (Å²) in [5, 5.41) is 3.35. The maximum Gasteiger partial charge on any atom is 0.193 e. The number of halogens is 1. The van der Waals surface area contributed by atoms with E-state index in [1.54, 1.807) is 0 Å². The molecule has 0 saturated heterocycles. The van der Waals surface area contributed by atoms with Crippen LogP contribution in [-0.2, 0) is 6.42 Å². The molecule has 1 heterocycles. The van der Waals surface area contributed by atoms with Gasteiger partial charge in [0.05, 0.1) is 11.0 Å². The van der Waals surface area contributed by atoms with Gasteiger partial charge < -0.3 is 15.2 Å². The number of nitrogens with zero attached hydrogens (tertiary/aromatic N) is 3. The predicted molar refractivity (Wildman–Crippen MR) is 109 cm³/mol. The smallest absolute Gasteiger partial charge is 0.193 e. The maximum atomic E-state index is 4.70. The van der Waals surface area contributed by atoms with Crippen LogP contribution in [0.25, 0.3) is 11.0 Å². The zero-order chi connectivity index (χ0) is 15.8. The minimum Gasteiger partial charge on any atom is -0.357 e. The van der Waals surface area contributed by atoms with E-state index in [0.29, 0.717) is 0 Å². The summed E-state index contributed by atoms with van der Waals surface area (Å²) in [6.07, 6.45) is 3.21. The lowest BCUT2D eigenvalue weighted by Gasteiger charge is -2.21. The van der Waals surface area contributed by atoms with Gasteiger partial charge in [0.1, 0.15) is 5.82 Å². The molecule has 0 fully saturated rings. The fraction of sp³-hybridized carbons (Fsp3) is 0.529. The Hall–Kier alpha value is -1.31. The molecule has 2 aromatic rings. The monoisotopic (exact) mass is 429 g/mol. The Morgan fingerprint density at radius 3 is 2.78 bits per heavy atom. The van der Waals surface area contributed by atoms with Crippen LogP contribution in [0.2, 0.25) is 0 Å². The van der Waals surface area contributed by atoms with Crippen LogP contribution in [0.1, 0.15) is 32.5 Å². The number of guanidine groups is 1. The molecule has 0 bridgehead atoms. The van der Waals surface area contributed by atoms with Crippen molar-refractivity contribution in [2.45, 2.75) is 33.1 Å². The number of aromatic amines is 1. The van der Waals surface area contributed by atoms with Crippen LogP contribution in [0.5, 0.6) is 0 Å². The van der Waals surface area contributed by atoms with Crippen molar-refractivity contribution in [3.8, 4) is 0 Å². The molecule has 0 aliphatic rings. The minimum absolute atomic E-state index is 0. The van der Waals surface area contributed by atoms with Gasteiger partial charge in [-0.05, 0) is 25.5 Å². The van der Waals surface area contributed by atoms with Crippen LogP contribution in [0.15, 0.2) is 29.3 Å². The second kappa shape index (κ2) is 10.5. The van der Waals surface area contributed by atoms with E-state index in [0.717, 1.165) is 48.9 Å². The van der Waals surface area contributed by atoms with Gasteiger partial charge in [-0.2, -0.15) is 0 Å². The number of fused-ring (bicyclic) bond motifs is 1. The van der Waals surface area contributed by atoms with Crippen LogP contribution in [0.3, 0.4) is 0 Å². The highest BCUT2D eigenvalue weighted by atomic mass is 127. The first-order valence-electron chi connectivity index (χ1n) is 8.17. The predicted octanol–water partition coefficient (Wildman–Crippen LogP) is 3.42. The number of nitrogens with one attached hydrogen (secondary N) is 2. The number of rotatable bonds is 7. The Morgan fingerprint density at radius 2 is 2.09 bits per heavy atom. The molecule has 128 valence electrons. The fourth-order valence-electron chi connectivity index (χ4n) is 2.36. The molecule has 0 radical (unpaired) electrons. The lowest BCUT2D eigenvalue weighted by atomic mass is 10.3. The number of H-pyrrole nitrogens is 1. The fourth-order valence-corrected chi connectivity index (χ4v) is 2.36. The summed E-state index contributed by atoms with van der Waals surface area (Å²) in [6, 6.07) is 8.12. The number of benzene rings is 1. The first-order chi connectivity index (χ1) is 10.7. The van der Waals surface area contributed by atoms with Gasteiger partial charge in [0.25, 0.3) is 0 Å². The highest BCUT2D eigenvalue weighted by molar-refractivity contribution is 14.0. The molecular weight excluding hydrogens is 401 g/mol. The Morgan fingerprint density at radius 1 is 1.30 bits per heavy atom. The van der Waals surface area contributed by atoms with E-state index in [2.05, 4.69) is 47.1 Å². The van der Waals surface area contributed by atoms with Gasteiger partial charge in [-0.1, -0.05) is 25.5 Å². The zero-order valence-corrected chi connectivity index (χ0v) is 16.6. The van der Waals surface area contributed by atoms with E-state index in [1.807, 2.05) is 18.2 Å². The molecule has 0 aliphatic heterocycles. The number of hydrogen-bond acceptors (Lipinski definition) is 2. The van der Waals surface area contributed by atoms with Crippen LogP contribution in [0, 0.1) is 0 Å². The van der Waals surface area contributed by atoms with Crippen molar-refractivity contribution in [3.05, 3.63) is 30.1 Å². The highest BCUT2D eigenvalue weighted by Gasteiger charge is 2.05. The molecule has 5 nitrogen and oxygen atoms in total. The van der Waals surface area contributed by atoms with E-state index >= 15 is 0 Å². The Bertz CT molecular complexity index is 575. The van der Waals surface area contributed by atoms with Crippen molar-refractivity contribution in [2.75, 3.05) is 26.7 Å². The summed E-state index contributed by atoms with van der Waals surface area (Å²) >= 11 is 0. The third-order valence-corrected chi connectivity index (χ3v) is 3.59. The van der Waals surface area contributed by atoms with Crippen LogP contribution in [0.4, 0.5) is 0 Å². The molecule has 0 spiro atoms. The molecule has 0 saturated carbocycles. The molecule has 0 aliphatic carbocycles. The highest BCUT2D eigenvalue weighted by Crippen LogP contribution is 2.10. The number of imidazole rings is 1. The minimum atomic E-state index is 0. The zero-order valence-electron chi connectivity index (χ0n) is 14.3. The first-order valence-corrected chi connectivity index (χ1v) is 8.17. The summed E-state index contributed by atoms with van der Waals surface area (Å²) in [7, 11) is 2.10. The Balaban J connectivity index is 0.00000264. The summed E-state index contributed by atoms with van der Waals surface area (Å²) in [5.41, 5.74) is 2.11. The van der Waals surface area contributed by atoms with Gasteiger partial charge in [0.15, 0.2) is 5.96 Å². The average molecular weight is 429 g/mol. The normalized spacial score (nSPS) is 11.3. The lowest BCUT2D eigenvalue weighted by molar-refractivity contribution is 0.465. The molecule has 2 rings (SSSR count). The molecule has 2 N–H and O–H groups in total. The second-order valence-corrected chi connectivity index (χ2v) is 5.46. The number of unbranched alkanes of at least 4 members (excludes halogenated alkanes) is 1. The van der Waals surface area contributed by atoms with E-state index in [-0.39, 0.29) is 24.0 Å². The maximum absolute atomic E-state index is 4.70. The first kappa shape index (κ1) is 19.7. The number of hydrogen-bond donors (Lipinski definition) is 2. The van der Waals surface area contributed by atoms with Crippen molar-refractivity contribution in [2.24, 2.45) is 4.99 Å². The molecule has 1 aromatic heterocycles. The topological polar surface area (TPSA) is 56.3 Å². The third-order valence-electron chi connectivity index (χ3n) is 3.59. The molecule has 6 heteroatoms. The van der Waals surface area contributed by atoms with Gasteiger partial charge in [-0.3, -0.25) is 4.99 Å². The summed E-state index contributed by atoms with van der Waals surface area (Å²) < 4.78 is 0. The number of aromatic nitrogens is 2. The van der Waals surface area contributed by atoms with E-state index in [1.165, 1.54) is 12.8 Å². The number of aliphatic imine (C=N–C) groups is 1. The number of para-hydroxylation sites is 2. The summed E-state index contributed by atoms with van der Waals surface area (Å²) in [5.74, 6) is 1.98. The van der Waals surface area contributed by atoms with Crippen LogP contribution in [-0.4, -0.2) is 47.5 Å². The van der Waals surface area contributed by atoms with E-state index in [4.69, 9.17) is 4.99 Å². The van der Waals surface area contributed by atoms with Gasteiger partial charge in [0, 0.05) is 33.1 Å². The van der Waals surface area contributed by atoms with Crippen molar-refractivity contribution < 1.29 is 0 Å². The van der Waals surface area contributed by atoms with E-state index in [9.17, 15) is 0 Å². The summed E-state index contributed by atoms with van der Waals surface area (Å²) in [6.45, 7) is 6.97. The summed E-state index contributed by atoms with van der Waals surface area (Å²) in [4.78, 5) is 14.8. The molecule has 0 amide bonds. The van der Waals surface area contributed by atoms with Gasteiger partial charge in [-0.15, -0.1) is 24.0 Å². The standard InChI is InChI=1S/C17H27N5.HI/c1-4-6-13-22(3)17(18-5-2)19-12-11-16-20-14-9-7-8-10-15(14)21-16;/h7-10H,4-6,11-13H2,1-3H3,(H,18,19)(H,20,21);1H. The second-order valence-electron chi connectivity index (χ2n) is 5.46.